The average molecular weight is 957 g/mol. The van der Waals surface area contributed by atoms with Crippen LogP contribution in [0.2, 0.25) is 0 Å². The Morgan fingerprint density at radius 3 is 2.52 bits per heavy atom. The third-order valence-corrected chi connectivity index (χ3v) is 14.5. The minimum atomic E-state index is -0.762. The number of piperidine rings is 1. The number of carbonyl (C=O) groups excluding carboxylic acids is 4. The number of nitrogens with one attached hydrogen (secondary N) is 4. The topological polar surface area (TPSA) is 193 Å². The molecule has 2 aromatic heterocycles. The molecule has 4 amide bonds. The highest BCUT2D eigenvalue weighted by Gasteiger charge is 2.50. The number of nitrogens with zero attached hydrogens (tertiary/aromatic N) is 4. The number of halogens is 1. The smallest absolute Gasteiger partial charge is 0.407 e. The fraction of sp³-hybridized carbons (Fsp3) is 0.422. The van der Waals surface area contributed by atoms with Crippen molar-refractivity contribution >= 4 is 68.4 Å². The lowest BCUT2D eigenvalue weighted by atomic mass is 9.83. The quantitative estimate of drug-likeness (QED) is 0.0515. The predicted molar refractivity (Wildman–Crippen MR) is 238 cm³/mol. The van der Waals surface area contributed by atoms with Gasteiger partial charge >= 0.3 is 12.2 Å². The molecule has 3 fully saturated rings. The molecule has 3 saturated heterocycles. The number of H-pyrrole nitrogens is 2. The Bertz CT molecular complexity index is 2630. The van der Waals surface area contributed by atoms with Gasteiger partial charge in [-0.3, -0.25) is 9.59 Å². The van der Waals surface area contributed by atoms with Crippen LogP contribution in [0.3, 0.4) is 0 Å². The molecule has 16 nitrogen and oxygen atoms in total. The number of fused-ring (bicyclic) bond motifs is 7. The lowest BCUT2D eigenvalue weighted by Crippen LogP contribution is -2.59. The Kier molecular flexibility index (Phi) is 11.1. The van der Waals surface area contributed by atoms with E-state index in [-0.39, 0.29) is 46.5 Å². The van der Waals surface area contributed by atoms with E-state index < -0.39 is 30.3 Å². The summed E-state index contributed by atoms with van der Waals surface area (Å²) in [5.41, 5.74) is 7.43. The van der Waals surface area contributed by atoms with Crippen molar-refractivity contribution < 1.29 is 38.1 Å². The van der Waals surface area contributed by atoms with Crippen LogP contribution >= 0.6 is 22.6 Å². The summed E-state index contributed by atoms with van der Waals surface area (Å²) in [4.78, 5) is 72.6. The highest BCUT2D eigenvalue weighted by Crippen LogP contribution is 2.46. The second-order valence-electron chi connectivity index (χ2n) is 16.5. The molecule has 2 unspecified atom stereocenters. The van der Waals surface area contributed by atoms with Crippen molar-refractivity contribution in [3.63, 3.8) is 0 Å². The van der Waals surface area contributed by atoms with Gasteiger partial charge in [0.05, 0.1) is 71.3 Å². The van der Waals surface area contributed by atoms with Crippen molar-refractivity contribution in [3.8, 4) is 28.1 Å². The standard InChI is InChI=1S/C45H49IN8O8/c1-21-22(2)38(52-45(58)61-6)43(56)53-33(21)11-12-34(53)40-47-19-32(50-40)25-7-9-27-26(15-25)20-62-36-17-28-24(16-29(27)36)8-10-31-39(28)51-41(49-31)35-13-14-37(46)54(35)42(55)30(23(3)59-4)18-48-44(57)60-5/h7-10,15-17,19,22-23,30,33-35,37-38H,1,11-14,18,20H2,2-6H3,(H,47,50)(H,48,57)(H,49,51)(H,52,58)/t22?,23-,30?,33+,34-,35-,37+,38-/m0/s1. The molecular weight excluding hydrogens is 907 g/mol. The minimum absolute atomic E-state index is 0.0625. The summed E-state index contributed by atoms with van der Waals surface area (Å²) < 4.78 is 21.5. The number of rotatable bonds is 9. The minimum Gasteiger partial charge on any atom is -0.488 e. The average Bonchev–Trinajstić information content (AvgIpc) is 4.11. The van der Waals surface area contributed by atoms with Gasteiger partial charge in [-0.25, -0.2) is 19.6 Å². The van der Waals surface area contributed by atoms with E-state index in [1.807, 2.05) is 29.7 Å². The van der Waals surface area contributed by atoms with Crippen molar-refractivity contribution in [2.75, 3.05) is 27.9 Å². The van der Waals surface area contributed by atoms with Crippen molar-refractivity contribution in [1.29, 1.82) is 0 Å². The Morgan fingerprint density at radius 2 is 1.74 bits per heavy atom. The monoisotopic (exact) mass is 956 g/mol. The molecule has 324 valence electrons. The first-order valence-electron chi connectivity index (χ1n) is 20.8. The molecule has 0 radical (unpaired) electrons. The van der Waals surface area contributed by atoms with Crippen LogP contribution in [0, 0.1) is 11.8 Å². The molecule has 5 aromatic rings. The van der Waals surface area contributed by atoms with Crippen molar-refractivity contribution in [2.24, 2.45) is 11.8 Å². The number of aromatic nitrogens is 4. The number of ether oxygens (including phenoxy) is 4. The normalized spacial score (nSPS) is 24.0. The summed E-state index contributed by atoms with van der Waals surface area (Å²) in [5.74, 6) is 1.03. The second-order valence-corrected chi connectivity index (χ2v) is 18.0. The highest BCUT2D eigenvalue weighted by atomic mass is 127. The maximum Gasteiger partial charge on any atom is 0.407 e. The van der Waals surface area contributed by atoms with E-state index in [1.165, 1.54) is 14.2 Å². The Balaban J connectivity index is 0.964. The largest absolute Gasteiger partial charge is 0.488 e. The fourth-order valence-corrected chi connectivity index (χ4v) is 10.7. The van der Waals surface area contributed by atoms with E-state index in [4.69, 9.17) is 28.9 Å². The number of benzene rings is 3. The fourth-order valence-electron chi connectivity index (χ4n) is 9.70. The van der Waals surface area contributed by atoms with Crippen LogP contribution < -0.4 is 15.4 Å². The van der Waals surface area contributed by atoms with E-state index in [0.717, 1.165) is 86.8 Å². The number of hydrogen-bond acceptors (Lipinski definition) is 10. The molecule has 9 rings (SSSR count). The van der Waals surface area contributed by atoms with Crippen LogP contribution in [0.1, 0.15) is 68.8 Å². The number of imidazole rings is 2. The van der Waals surface area contributed by atoms with E-state index >= 15 is 0 Å². The second kappa shape index (κ2) is 16.5. The summed E-state index contributed by atoms with van der Waals surface area (Å²) in [5, 5.41) is 7.33. The van der Waals surface area contributed by atoms with E-state index in [1.54, 1.807) is 13.3 Å². The summed E-state index contributed by atoms with van der Waals surface area (Å²) in [7, 11) is 4.13. The number of amides is 4. The molecule has 0 spiro atoms. The molecule has 0 bridgehead atoms. The first-order chi connectivity index (χ1) is 29.9. The van der Waals surface area contributed by atoms with Gasteiger partial charge in [-0.05, 0) is 84.5 Å². The number of alkyl carbamates (subject to hydrolysis) is 2. The summed E-state index contributed by atoms with van der Waals surface area (Å²) >= 11 is 2.31. The zero-order chi connectivity index (χ0) is 43.6. The molecule has 17 heteroatoms. The predicted octanol–water partition coefficient (Wildman–Crippen LogP) is 7.06. The maximum atomic E-state index is 14.2. The van der Waals surface area contributed by atoms with Crippen LogP contribution in [-0.4, -0.2) is 104 Å². The maximum absolute atomic E-state index is 14.2. The van der Waals surface area contributed by atoms with Crippen LogP contribution in [0.25, 0.3) is 44.2 Å². The lowest BCUT2D eigenvalue weighted by Gasteiger charge is -2.42. The van der Waals surface area contributed by atoms with Crippen molar-refractivity contribution in [3.05, 3.63) is 78.0 Å². The molecular formula is C45H49IN8O8. The Hall–Kier alpha value is -5.69. The third kappa shape index (κ3) is 7.11. The van der Waals surface area contributed by atoms with Crippen LogP contribution in [0.4, 0.5) is 9.59 Å². The molecule has 8 atom stereocenters. The molecule has 6 heterocycles. The SMILES string of the molecule is C=C1C(C)[C@H](NC(=O)OC)C(=O)N2[C@@H]1CC[C@H]2c1ncc(-c2ccc3c(c2)COc2cc4c(ccc5[nH]c([C@@H]6CC[C@H](I)N6C(=O)C(CNC(=O)OC)[C@H](C)OC)nc54)cc2-3)[nH]1. The van der Waals surface area contributed by atoms with E-state index in [2.05, 4.69) is 86.2 Å². The number of hydrogen-bond donors (Lipinski definition) is 4. The Labute approximate surface area is 371 Å². The first-order valence-corrected chi connectivity index (χ1v) is 22.1. The number of likely N-dealkylation sites (tertiary alicyclic amines) is 1. The first kappa shape index (κ1) is 41.7. The molecule has 4 aliphatic heterocycles. The van der Waals surface area contributed by atoms with Gasteiger partial charge in [0, 0.05) is 30.5 Å². The van der Waals surface area contributed by atoms with Gasteiger partial charge in [-0.1, -0.05) is 54.3 Å². The molecule has 4 N–H and O–H groups in total. The van der Waals surface area contributed by atoms with E-state index in [9.17, 15) is 19.2 Å². The summed E-state index contributed by atoms with van der Waals surface area (Å²) in [6.07, 6.45) is 3.13. The van der Waals surface area contributed by atoms with Gasteiger partial charge in [0.2, 0.25) is 11.8 Å². The van der Waals surface area contributed by atoms with Crippen molar-refractivity contribution in [2.45, 2.75) is 80.5 Å². The molecule has 4 aliphatic rings. The van der Waals surface area contributed by atoms with Gasteiger partial charge in [0.25, 0.3) is 0 Å². The van der Waals surface area contributed by atoms with Gasteiger partial charge in [-0.15, -0.1) is 0 Å². The van der Waals surface area contributed by atoms with Crippen LogP contribution in [0.15, 0.2) is 60.8 Å². The molecule has 62 heavy (non-hydrogen) atoms. The third-order valence-electron chi connectivity index (χ3n) is 13.3. The highest BCUT2D eigenvalue weighted by molar-refractivity contribution is 14.1. The van der Waals surface area contributed by atoms with Crippen LogP contribution in [-0.2, 0) is 30.4 Å². The Morgan fingerprint density at radius 1 is 0.968 bits per heavy atom. The molecule has 0 saturated carbocycles. The molecule has 3 aromatic carbocycles. The summed E-state index contributed by atoms with van der Waals surface area (Å²) in [6, 6.07) is 13.1. The lowest BCUT2D eigenvalue weighted by molar-refractivity contribution is -0.141. The number of aromatic amines is 2. The number of alkyl halides is 1. The van der Waals surface area contributed by atoms with Crippen LogP contribution in [0.5, 0.6) is 5.75 Å². The zero-order valence-electron chi connectivity index (χ0n) is 35.1. The van der Waals surface area contributed by atoms with Gasteiger partial charge < -0.3 is 49.3 Å². The molecule has 0 aliphatic carbocycles. The zero-order valence-corrected chi connectivity index (χ0v) is 37.3. The van der Waals surface area contributed by atoms with Crippen molar-refractivity contribution in [1.82, 2.24) is 40.4 Å². The van der Waals surface area contributed by atoms with E-state index in [0.29, 0.717) is 18.3 Å². The number of carbonyl (C=O) groups is 4. The van der Waals surface area contributed by atoms with Gasteiger partial charge in [0.1, 0.15) is 30.0 Å². The van der Waals surface area contributed by atoms with Gasteiger partial charge in [0.15, 0.2) is 0 Å². The number of methoxy groups -OCH3 is 3. The summed E-state index contributed by atoms with van der Waals surface area (Å²) in [6.45, 7) is 8.50. The van der Waals surface area contributed by atoms with Gasteiger partial charge in [-0.2, -0.15) is 0 Å².